The van der Waals surface area contributed by atoms with Crippen LogP contribution in [0.4, 0.5) is 0 Å². The van der Waals surface area contributed by atoms with Crippen LogP contribution in [0.25, 0.3) is 16.7 Å². The van der Waals surface area contributed by atoms with E-state index in [1.54, 1.807) is 13.2 Å². The summed E-state index contributed by atoms with van der Waals surface area (Å²) in [4.78, 5) is 4.64. The molecule has 0 unspecified atom stereocenters. The normalized spacial score (nSPS) is 11.0. The summed E-state index contributed by atoms with van der Waals surface area (Å²) in [6.07, 6.45) is 0. The second kappa shape index (κ2) is 5.58. The Morgan fingerprint density at radius 1 is 1.24 bits per heavy atom. The molecule has 0 aliphatic carbocycles. The number of nitrogens with zero attached hydrogens (tertiary/aromatic N) is 2. The monoisotopic (exact) mass is 320 g/mol. The maximum atomic E-state index is 6.15. The molecule has 3 aromatic rings. The first-order chi connectivity index (χ1) is 10.2. The SMILES string of the molecule is COc1ccc(Cl)cc1-n1c(CCl)nc2c(C)cccc21. The number of aromatic nitrogens is 2. The van der Waals surface area contributed by atoms with Crippen molar-refractivity contribution >= 4 is 34.2 Å². The summed E-state index contributed by atoms with van der Waals surface area (Å²) in [6, 6.07) is 11.6. The van der Waals surface area contributed by atoms with Crippen LogP contribution >= 0.6 is 23.2 Å². The van der Waals surface area contributed by atoms with E-state index in [1.807, 2.05) is 41.8 Å². The Bertz CT molecular complexity index is 811. The number of hydrogen-bond donors (Lipinski definition) is 0. The fourth-order valence-electron chi connectivity index (χ4n) is 2.48. The molecular formula is C16H14Cl2N2O. The van der Waals surface area contributed by atoms with E-state index in [1.165, 1.54) is 0 Å². The van der Waals surface area contributed by atoms with Gasteiger partial charge in [0, 0.05) is 5.02 Å². The van der Waals surface area contributed by atoms with E-state index in [9.17, 15) is 0 Å². The van der Waals surface area contributed by atoms with Crippen LogP contribution in [0.5, 0.6) is 5.75 Å². The molecular weight excluding hydrogens is 307 g/mol. The minimum absolute atomic E-state index is 0.309. The smallest absolute Gasteiger partial charge is 0.143 e. The molecule has 0 bridgehead atoms. The number of benzene rings is 2. The predicted octanol–water partition coefficient (Wildman–Crippen LogP) is 4.73. The number of fused-ring (bicyclic) bond motifs is 1. The number of aryl methyl sites for hydroxylation is 1. The highest BCUT2D eigenvalue weighted by Crippen LogP contribution is 2.32. The third-order valence-electron chi connectivity index (χ3n) is 3.46. The molecule has 5 heteroatoms. The third-order valence-corrected chi connectivity index (χ3v) is 3.93. The van der Waals surface area contributed by atoms with E-state index in [2.05, 4.69) is 4.98 Å². The second-order valence-electron chi connectivity index (χ2n) is 4.76. The lowest BCUT2D eigenvalue weighted by molar-refractivity contribution is 0.413. The summed E-state index contributed by atoms with van der Waals surface area (Å²) in [7, 11) is 1.64. The topological polar surface area (TPSA) is 27.1 Å². The van der Waals surface area contributed by atoms with Crippen LogP contribution in [0, 0.1) is 6.92 Å². The Morgan fingerprint density at radius 2 is 2.05 bits per heavy atom. The number of alkyl halides is 1. The van der Waals surface area contributed by atoms with Crippen LogP contribution < -0.4 is 4.74 Å². The van der Waals surface area contributed by atoms with E-state index < -0.39 is 0 Å². The van der Waals surface area contributed by atoms with Gasteiger partial charge in [0.1, 0.15) is 11.6 Å². The van der Waals surface area contributed by atoms with E-state index in [0.29, 0.717) is 10.9 Å². The van der Waals surface area contributed by atoms with Crippen LogP contribution in [-0.4, -0.2) is 16.7 Å². The van der Waals surface area contributed by atoms with Crippen LogP contribution in [0.3, 0.4) is 0 Å². The predicted molar refractivity (Wildman–Crippen MR) is 86.9 cm³/mol. The average molecular weight is 321 g/mol. The molecule has 1 aromatic heterocycles. The van der Waals surface area contributed by atoms with Gasteiger partial charge in [0.15, 0.2) is 0 Å². The summed E-state index contributed by atoms with van der Waals surface area (Å²) >= 11 is 12.2. The molecule has 0 spiro atoms. The van der Waals surface area contributed by atoms with Gasteiger partial charge < -0.3 is 4.74 Å². The molecule has 3 rings (SSSR count). The van der Waals surface area contributed by atoms with Gasteiger partial charge in [-0.1, -0.05) is 23.7 Å². The zero-order valence-corrected chi connectivity index (χ0v) is 13.2. The number of hydrogen-bond acceptors (Lipinski definition) is 2. The number of ether oxygens (including phenoxy) is 1. The lowest BCUT2D eigenvalue weighted by Crippen LogP contribution is -2.02. The molecule has 0 aliphatic heterocycles. The molecule has 2 aromatic carbocycles. The molecule has 0 aliphatic rings. The second-order valence-corrected chi connectivity index (χ2v) is 5.46. The lowest BCUT2D eigenvalue weighted by atomic mass is 10.2. The molecule has 0 amide bonds. The number of imidazole rings is 1. The highest BCUT2D eigenvalue weighted by atomic mass is 35.5. The summed E-state index contributed by atoms with van der Waals surface area (Å²) in [5.74, 6) is 1.80. The van der Waals surface area contributed by atoms with Gasteiger partial charge in [-0.25, -0.2) is 4.98 Å². The minimum atomic E-state index is 0.309. The molecule has 108 valence electrons. The maximum Gasteiger partial charge on any atom is 0.143 e. The van der Waals surface area contributed by atoms with Gasteiger partial charge in [0.25, 0.3) is 0 Å². The highest BCUT2D eigenvalue weighted by molar-refractivity contribution is 6.30. The van der Waals surface area contributed by atoms with Gasteiger partial charge >= 0.3 is 0 Å². The van der Waals surface area contributed by atoms with Crippen LogP contribution in [0.2, 0.25) is 5.02 Å². The van der Waals surface area contributed by atoms with Gasteiger partial charge in [0.05, 0.1) is 29.7 Å². The number of rotatable bonds is 3. The van der Waals surface area contributed by atoms with Gasteiger partial charge in [-0.3, -0.25) is 4.57 Å². The minimum Gasteiger partial charge on any atom is -0.495 e. The van der Waals surface area contributed by atoms with E-state index in [0.717, 1.165) is 33.9 Å². The zero-order valence-electron chi connectivity index (χ0n) is 11.7. The quantitative estimate of drug-likeness (QED) is 0.652. The van der Waals surface area contributed by atoms with Crippen LogP contribution in [0.15, 0.2) is 36.4 Å². The van der Waals surface area contributed by atoms with E-state index >= 15 is 0 Å². The number of para-hydroxylation sites is 1. The van der Waals surface area contributed by atoms with Gasteiger partial charge in [0.2, 0.25) is 0 Å². The van der Waals surface area contributed by atoms with Crippen molar-refractivity contribution in [2.75, 3.05) is 7.11 Å². The molecule has 3 nitrogen and oxygen atoms in total. The molecule has 0 saturated heterocycles. The zero-order chi connectivity index (χ0) is 15.0. The van der Waals surface area contributed by atoms with Crippen molar-refractivity contribution in [2.24, 2.45) is 0 Å². The van der Waals surface area contributed by atoms with Crippen molar-refractivity contribution in [3.8, 4) is 11.4 Å². The average Bonchev–Trinajstić information content (AvgIpc) is 2.87. The third kappa shape index (κ3) is 2.37. The first kappa shape index (κ1) is 14.2. The summed E-state index contributed by atoms with van der Waals surface area (Å²) < 4.78 is 7.45. The van der Waals surface area contributed by atoms with Crippen molar-refractivity contribution in [3.05, 3.63) is 52.8 Å². The molecule has 0 N–H and O–H groups in total. The first-order valence-corrected chi connectivity index (χ1v) is 7.43. The standard InChI is InChI=1S/C16H14Cl2N2O/c1-10-4-3-5-12-16(10)19-15(9-17)20(12)13-8-11(18)6-7-14(13)21-2/h3-8H,9H2,1-2H3. The molecule has 0 saturated carbocycles. The van der Waals surface area contributed by atoms with Crippen molar-refractivity contribution < 1.29 is 4.74 Å². The molecule has 1 heterocycles. The summed E-state index contributed by atoms with van der Waals surface area (Å²) in [6.45, 7) is 2.03. The fraction of sp³-hybridized carbons (Fsp3) is 0.188. The van der Waals surface area contributed by atoms with Crippen molar-refractivity contribution in [3.63, 3.8) is 0 Å². The summed E-state index contributed by atoms with van der Waals surface area (Å²) in [5.41, 5.74) is 3.88. The van der Waals surface area contributed by atoms with Gasteiger partial charge in [-0.2, -0.15) is 0 Å². The first-order valence-electron chi connectivity index (χ1n) is 6.52. The molecule has 0 radical (unpaired) electrons. The molecule has 0 atom stereocenters. The number of halogens is 2. The van der Waals surface area contributed by atoms with Crippen molar-refractivity contribution in [1.29, 1.82) is 0 Å². The van der Waals surface area contributed by atoms with E-state index in [-0.39, 0.29) is 0 Å². The van der Waals surface area contributed by atoms with Crippen molar-refractivity contribution in [1.82, 2.24) is 9.55 Å². The Balaban J connectivity index is 2.39. The Kier molecular flexibility index (Phi) is 3.79. The van der Waals surface area contributed by atoms with Crippen LogP contribution in [-0.2, 0) is 5.88 Å². The van der Waals surface area contributed by atoms with Crippen molar-refractivity contribution in [2.45, 2.75) is 12.8 Å². The van der Waals surface area contributed by atoms with Crippen LogP contribution in [0.1, 0.15) is 11.4 Å². The number of methoxy groups -OCH3 is 1. The van der Waals surface area contributed by atoms with Gasteiger partial charge in [-0.15, -0.1) is 11.6 Å². The molecule has 0 fully saturated rings. The Labute approximate surface area is 133 Å². The Hall–Kier alpha value is -1.71. The van der Waals surface area contributed by atoms with E-state index in [4.69, 9.17) is 27.9 Å². The highest BCUT2D eigenvalue weighted by Gasteiger charge is 2.16. The summed E-state index contributed by atoms with van der Waals surface area (Å²) in [5, 5.41) is 0.640. The lowest BCUT2D eigenvalue weighted by Gasteiger charge is -2.13. The fourth-order valence-corrected chi connectivity index (χ4v) is 2.83. The molecule has 21 heavy (non-hydrogen) atoms. The Morgan fingerprint density at radius 3 is 2.76 bits per heavy atom. The largest absolute Gasteiger partial charge is 0.495 e. The van der Waals surface area contributed by atoms with Gasteiger partial charge in [-0.05, 0) is 36.8 Å². The maximum absolute atomic E-state index is 6.15.